The Balaban J connectivity index is 2.25. The molecular formula is C12H13FO4. The summed E-state index contributed by atoms with van der Waals surface area (Å²) in [5.74, 6) is -1.50. The van der Waals surface area contributed by atoms with Gasteiger partial charge in [-0.25, -0.2) is 4.39 Å². The molecule has 0 spiro atoms. The molecule has 2 rings (SSSR count). The zero-order valence-electron chi connectivity index (χ0n) is 9.40. The minimum absolute atomic E-state index is 0.114. The van der Waals surface area contributed by atoms with Gasteiger partial charge in [0.15, 0.2) is 17.3 Å². The van der Waals surface area contributed by atoms with E-state index in [2.05, 4.69) is 0 Å². The van der Waals surface area contributed by atoms with Crippen LogP contribution in [0.5, 0.6) is 11.5 Å². The molecule has 1 aromatic rings. The molecule has 5 heteroatoms. The first-order chi connectivity index (χ1) is 8.08. The third-order valence-electron chi connectivity index (χ3n) is 2.62. The molecule has 0 fully saturated rings. The molecule has 1 atom stereocenters. The molecular weight excluding hydrogens is 227 g/mol. The Labute approximate surface area is 98.0 Å². The molecule has 17 heavy (non-hydrogen) atoms. The van der Waals surface area contributed by atoms with E-state index in [0.29, 0.717) is 24.5 Å². The van der Waals surface area contributed by atoms with E-state index in [0.717, 1.165) is 0 Å². The molecule has 0 amide bonds. The topological polar surface area (TPSA) is 55.8 Å². The lowest BCUT2D eigenvalue weighted by molar-refractivity contribution is -0.141. The molecule has 0 aliphatic carbocycles. The number of fused-ring (bicyclic) bond motifs is 1. The Morgan fingerprint density at radius 1 is 1.47 bits per heavy atom. The Morgan fingerprint density at radius 2 is 2.18 bits per heavy atom. The van der Waals surface area contributed by atoms with Crippen LogP contribution in [0.1, 0.15) is 12.5 Å². The van der Waals surface area contributed by atoms with Crippen molar-refractivity contribution in [2.45, 2.75) is 13.3 Å². The average molecular weight is 240 g/mol. The number of hydrogen-bond donors (Lipinski definition) is 1. The molecule has 0 aromatic heterocycles. The average Bonchev–Trinajstić information content (AvgIpc) is 2.29. The molecule has 0 radical (unpaired) electrons. The highest BCUT2D eigenvalue weighted by molar-refractivity contribution is 5.70. The number of carboxylic acids is 1. The van der Waals surface area contributed by atoms with Crippen LogP contribution in [0.15, 0.2) is 12.1 Å². The largest absolute Gasteiger partial charge is 0.486 e. The molecule has 0 bridgehead atoms. The van der Waals surface area contributed by atoms with Crippen LogP contribution in [0.25, 0.3) is 0 Å². The highest BCUT2D eigenvalue weighted by Crippen LogP contribution is 2.34. The fourth-order valence-corrected chi connectivity index (χ4v) is 1.72. The van der Waals surface area contributed by atoms with E-state index in [1.54, 1.807) is 13.0 Å². The molecule has 0 saturated carbocycles. The van der Waals surface area contributed by atoms with Gasteiger partial charge in [0, 0.05) is 0 Å². The lowest BCUT2D eigenvalue weighted by Gasteiger charge is -2.20. The minimum atomic E-state index is -0.903. The van der Waals surface area contributed by atoms with Gasteiger partial charge in [0.2, 0.25) is 0 Å². The van der Waals surface area contributed by atoms with Crippen LogP contribution in [0.2, 0.25) is 0 Å². The van der Waals surface area contributed by atoms with Crippen LogP contribution in [0.4, 0.5) is 4.39 Å². The zero-order chi connectivity index (χ0) is 12.4. The van der Waals surface area contributed by atoms with Crippen molar-refractivity contribution in [3.05, 3.63) is 23.5 Å². The van der Waals surface area contributed by atoms with Crippen molar-refractivity contribution < 1.29 is 23.8 Å². The van der Waals surface area contributed by atoms with E-state index in [9.17, 15) is 9.18 Å². The quantitative estimate of drug-likeness (QED) is 0.876. The molecule has 4 nitrogen and oxygen atoms in total. The minimum Gasteiger partial charge on any atom is -0.486 e. The first-order valence-electron chi connectivity index (χ1n) is 5.38. The zero-order valence-corrected chi connectivity index (χ0v) is 9.40. The molecule has 1 heterocycles. The molecule has 0 saturated heterocycles. The van der Waals surface area contributed by atoms with Gasteiger partial charge in [0.1, 0.15) is 13.2 Å². The maximum atomic E-state index is 13.6. The summed E-state index contributed by atoms with van der Waals surface area (Å²) in [6.07, 6.45) is 0.267. The highest BCUT2D eigenvalue weighted by Gasteiger charge is 2.19. The first kappa shape index (κ1) is 11.7. The summed E-state index contributed by atoms with van der Waals surface area (Å²) >= 11 is 0. The lowest BCUT2D eigenvalue weighted by atomic mass is 10.0. The van der Waals surface area contributed by atoms with Crippen molar-refractivity contribution in [2.75, 3.05) is 13.2 Å². The molecule has 1 aromatic carbocycles. The van der Waals surface area contributed by atoms with Gasteiger partial charge in [-0.05, 0) is 24.1 Å². The fourth-order valence-electron chi connectivity index (χ4n) is 1.72. The summed E-state index contributed by atoms with van der Waals surface area (Å²) in [4.78, 5) is 10.7. The molecule has 1 aliphatic heterocycles. The van der Waals surface area contributed by atoms with Crippen molar-refractivity contribution in [1.29, 1.82) is 0 Å². The van der Waals surface area contributed by atoms with Gasteiger partial charge in [-0.15, -0.1) is 0 Å². The van der Waals surface area contributed by atoms with Crippen molar-refractivity contribution >= 4 is 5.97 Å². The number of ether oxygens (including phenoxy) is 2. The maximum absolute atomic E-state index is 13.6. The Hall–Kier alpha value is -1.78. The number of rotatable bonds is 3. The summed E-state index contributed by atoms with van der Waals surface area (Å²) in [7, 11) is 0. The van der Waals surface area contributed by atoms with Crippen LogP contribution in [-0.4, -0.2) is 24.3 Å². The van der Waals surface area contributed by atoms with Crippen molar-refractivity contribution in [1.82, 2.24) is 0 Å². The van der Waals surface area contributed by atoms with Gasteiger partial charge in [-0.3, -0.25) is 4.79 Å². The van der Waals surface area contributed by atoms with Crippen LogP contribution in [0, 0.1) is 11.7 Å². The van der Waals surface area contributed by atoms with Crippen LogP contribution >= 0.6 is 0 Å². The standard InChI is InChI=1S/C12H13FO4/c1-7(12(14)15)4-8-5-9(13)11-10(6-8)16-2-3-17-11/h5-7H,2-4H2,1H3,(H,14,15). The summed E-state index contributed by atoms with van der Waals surface area (Å²) < 4.78 is 24.1. The van der Waals surface area contributed by atoms with Gasteiger partial charge < -0.3 is 14.6 Å². The number of carbonyl (C=O) groups is 1. The number of carboxylic acid groups (broad SMARTS) is 1. The number of benzene rings is 1. The third kappa shape index (κ3) is 2.49. The molecule has 1 unspecified atom stereocenters. The first-order valence-corrected chi connectivity index (χ1v) is 5.38. The SMILES string of the molecule is CC(Cc1cc(F)c2c(c1)OCCO2)C(=O)O. The molecule has 1 aliphatic rings. The normalized spacial score (nSPS) is 15.4. The second kappa shape index (κ2) is 4.61. The van der Waals surface area contributed by atoms with Gasteiger partial charge in [0.25, 0.3) is 0 Å². The lowest BCUT2D eigenvalue weighted by Crippen LogP contribution is -2.17. The number of halogens is 1. The van der Waals surface area contributed by atoms with Gasteiger partial charge >= 0.3 is 5.97 Å². The smallest absolute Gasteiger partial charge is 0.306 e. The summed E-state index contributed by atoms with van der Waals surface area (Å²) in [6, 6.07) is 2.93. The van der Waals surface area contributed by atoms with Crippen LogP contribution < -0.4 is 9.47 Å². The van der Waals surface area contributed by atoms with Crippen molar-refractivity contribution in [3.63, 3.8) is 0 Å². The fraction of sp³-hybridized carbons (Fsp3) is 0.417. The summed E-state index contributed by atoms with van der Waals surface area (Å²) in [5.41, 5.74) is 0.599. The van der Waals surface area contributed by atoms with Gasteiger partial charge in [0.05, 0.1) is 5.92 Å². The number of aliphatic carboxylic acids is 1. The summed E-state index contributed by atoms with van der Waals surface area (Å²) in [6.45, 7) is 2.29. The van der Waals surface area contributed by atoms with Crippen molar-refractivity contribution in [3.8, 4) is 11.5 Å². The van der Waals surface area contributed by atoms with E-state index in [-0.39, 0.29) is 12.2 Å². The monoisotopic (exact) mass is 240 g/mol. The predicted molar refractivity (Wildman–Crippen MR) is 57.9 cm³/mol. The summed E-state index contributed by atoms with van der Waals surface area (Å²) in [5, 5.41) is 8.80. The van der Waals surface area contributed by atoms with E-state index < -0.39 is 17.7 Å². The predicted octanol–water partition coefficient (Wildman–Crippen LogP) is 1.86. The maximum Gasteiger partial charge on any atom is 0.306 e. The Morgan fingerprint density at radius 3 is 2.88 bits per heavy atom. The third-order valence-corrected chi connectivity index (χ3v) is 2.62. The van der Waals surface area contributed by atoms with Crippen molar-refractivity contribution in [2.24, 2.45) is 5.92 Å². The molecule has 1 N–H and O–H groups in total. The van der Waals surface area contributed by atoms with E-state index in [4.69, 9.17) is 14.6 Å². The molecule has 92 valence electrons. The number of hydrogen-bond acceptors (Lipinski definition) is 3. The van der Waals surface area contributed by atoms with E-state index in [1.165, 1.54) is 6.07 Å². The van der Waals surface area contributed by atoms with Gasteiger partial charge in [-0.2, -0.15) is 0 Å². The van der Waals surface area contributed by atoms with Crippen LogP contribution in [0.3, 0.4) is 0 Å². The Bertz CT molecular complexity index is 444. The second-order valence-electron chi connectivity index (χ2n) is 4.05. The second-order valence-corrected chi connectivity index (χ2v) is 4.05. The van der Waals surface area contributed by atoms with Gasteiger partial charge in [-0.1, -0.05) is 6.92 Å². The van der Waals surface area contributed by atoms with E-state index >= 15 is 0 Å². The van der Waals surface area contributed by atoms with E-state index in [1.807, 2.05) is 0 Å². The Kier molecular flexibility index (Phi) is 3.17. The van der Waals surface area contributed by atoms with Crippen LogP contribution in [-0.2, 0) is 11.2 Å². The highest BCUT2D eigenvalue weighted by atomic mass is 19.1.